The molecule has 6 aromatic carbocycles. The summed E-state index contributed by atoms with van der Waals surface area (Å²) in [4.78, 5) is 12.6. The smallest absolute Gasteiger partial charge is 0.148 e. The Bertz CT molecular complexity index is 2620. The van der Waals surface area contributed by atoms with Crippen molar-refractivity contribution < 1.29 is 0 Å². The molecule has 9 aromatic rings. The summed E-state index contributed by atoms with van der Waals surface area (Å²) in [6, 6.07) is 49.7. The molecule has 3 aromatic heterocycles. The van der Waals surface area contributed by atoms with Gasteiger partial charge in [0.15, 0.2) is 0 Å². The van der Waals surface area contributed by atoms with Crippen molar-refractivity contribution in [1.82, 2.24) is 14.5 Å². The SMILES string of the molecule is c1ccc(N2c3ccccc3-c3nccc4c3c2nc2ccc(-n3c5ccccc5c5ccc6ccccc6c53)cc24)cc1. The second-order valence-corrected chi connectivity index (χ2v) is 11.4. The Morgan fingerprint density at radius 3 is 2.25 bits per heavy atom. The minimum Gasteiger partial charge on any atom is -0.309 e. The van der Waals surface area contributed by atoms with Gasteiger partial charge in [-0.1, -0.05) is 91.0 Å². The van der Waals surface area contributed by atoms with Crippen molar-refractivity contribution >= 4 is 71.4 Å². The first-order valence-corrected chi connectivity index (χ1v) is 14.9. The first-order valence-electron chi connectivity index (χ1n) is 14.9. The van der Waals surface area contributed by atoms with Crippen molar-refractivity contribution in [3.63, 3.8) is 0 Å². The van der Waals surface area contributed by atoms with Crippen molar-refractivity contribution in [2.75, 3.05) is 4.90 Å². The molecule has 204 valence electrons. The van der Waals surface area contributed by atoms with Gasteiger partial charge in [0.1, 0.15) is 5.82 Å². The van der Waals surface area contributed by atoms with Crippen LogP contribution in [-0.2, 0) is 0 Å². The summed E-state index contributed by atoms with van der Waals surface area (Å²) in [5.41, 5.74) is 8.75. The van der Waals surface area contributed by atoms with Crippen LogP contribution in [0.15, 0.2) is 146 Å². The largest absolute Gasteiger partial charge is 0.309 e. The molecular formula is C40H24N4. The lowest BCUT2D eigenvalue weighted by Crippen LogP contribution is -2.17. The number of nitrogens with zero attached hydrogens (tertiary/aromatic N) is 4. The fourth-order valence-electron chi connectivity index (χ4n) is 7.24. The van der Waals surface area contributed by atoms with Crippen molar-refractivity contribution in [3.05, 3.63) is 146 Å². The Labute approximate surface area is 253 Å². The Hall–Kier alpha value is -6.00. The van der Waals surface area contributed by atoms with Gasteiger partial charge in [-0.3, -0.25) is 9.88 Å². The maximum Gasteiger partial charge on any atom is 0.148 e. The average molecular weight is 561 g/mol. The van der Waals surface area contributed by atoms with Gasteiger partial charge in [-0.05, 0) is 59.3 Å². The van der Waals surface area contributed by atoms with Gasteiger partial charge in [0.2, 0.25) is 0 Å². The molecule has 0 saturated heterocycles. The van der Waals surface area contributed by atoms with Crippen LogP contribution in [0, 0.1) is 0 Å². The lowest BCUT2D eigenvalue weighted by Gasteiger charge is -2.32. The zero-order chi connectivity index (χ0) is 28.8. The number of hydrogen-bond donors (Lipinski definition) is 0. The van der Waals surface area contributed by atoms with Crippen molar-refractivity contribution in [1.29, 1.82) is 0 Å². The molecule has 0 N–H and O–H groups in total. The average Bonchev–Trinajstić information content (AvgIpc) is 3.44. The molecule has 44 heavy (non-hydrogen) atoms. The Morgan fingerprint density at radius 1 is 0.523 bits per heavy atom. The summed E-state index contributed by atoms with van der Waals surface area (Å²) < 4.78 is 2.42. The number of hydrogen-bond acceptors (Lipinski definition) is 3. The van der Waals surface area contributed by atoms with E-state index in [4.69, 9.17) is 9.97 Å². The zero-order valence-corrected chi connectivity index (χ0v) is 23.6. The van der Waals surface area contributed by atoms with Crippen LogP contribution in [0.2, 0.25) is 0 Å². The minimum atomic E-state index is 0.913. The van der Waals surface area contributed by atoms with E-state index in [2.05, 4.69) is 149 Å². The van der Waals surface area contributed by atoms with E-state index in [-0.39, 0.29) is 0 Å². The standard InChI is InChI=1S/C40H24N4/c1-2-11-26(12-3-1)44-36-17-9-7-15-32(36)38-37-30(22-23-41-38)33-24-27(19-21-34(33)42-40(37)44)43-35-16-8-6-14-29(35)31-20-18-25-10-4-5-13-28(25)39(31)43/h1-24H. The summed E-state index contributed by atoms with van der Waals surface area (Å²) in [5.74, 6) is 0.913. The van der Waals surface area contributed by atoms with E-state index in [1.54, 1.807) is 0 Å². The number of fused-ring (bicyclic) bond motifs is 9. The molecule has 0 aliphatic carbocycles. The second-order valence-electron chi connectivity index (χ2n) is 11.4. The summed E-state index contributed by atoms with van der Waals surface area (Å²) in [6.45, 7) is 0. The van der Waals surface area contributed by atoms with E-state index in [0.717, 1.165) is 55.8 Å². The zero-order valence-electron chi connectivity index (χ0n) is 23.6. The van der Waals surface area contributed by atoms with Crippen LogP contribution < -0.4 is 4.90 Å². The molecule has 0 radical (unpaired) electrons. The highest BCUT2D eigenvalue weighted by Gasteiger charge is 2.29. The monoisotopic (exact) mass is 560 g/mol. The maximum atomic E-state index is 5.36. The van der Waals surface area contributed by atoms with Gasteiger partial charge in [-0.2, -0.15) is 0 Å². The number of benzene rings is 6. The lowest BCUT2D eigenvalue weighted by atomic mass is 9.95. The summed E-state index contributed by atoms with van der Waals surface area (Å²) in [5, 5.41) is 8.33. The highest BCUT2D eigenvalue weighted by molar-refractivity contribution is 6.21. The second kappa shape index (κ2) is 8.76. The molecule has 10 rings (SSSR count). The Kier molecular flexibility index (Phi) is 4.69. The minimum absolute atomic E-state index is 0.913. The molecule has 1 aliphatic rings. The first-order chi connectivity index (χ1) is 21.8. The molecule has 4 heterocycles. The lowest BCUT2D eigenvalue weighted by molar-refractivity contribution is 1.18. The van der Waals surface area contributed by atoms with Gasteiger partial charge in [0, 0.05) is 44.7 Å². The fourth-order valence-corrected chi connectivity index (χ4v) is 7.24. The quantitative estimate of drug-likeness (QED) is 0.197. The highest BCUT2D eigenvalue weighted by atomic mass is 15.2. The third kappa shape index (κ3) is 3.11. The third-order valence-corrected chi connectivity index (χ3v) is 9.12. The van der Waals surface area contributed by atoms with E-state index >= 15 is 0 Å². The summed E-state index contributed by atoms with van der Waals surface area (Å²) in [6.07, 6.45) is 1.94. The first kappa shape index (κ1) is 23.6. The molecule has 4 heteroatoms. The molecule has 0 fully saturated rings. The van der Waals surface area contributed by atoms with Crippen LogP contribution in [0.3, 0.4) is 0 Å². The van der Waals surface area contributed by atoms with E-state index < -0.39 is 0 Å². The fraction of sp³-hybridized carbons (Fsp3) is 0. The van der Waals surface area contributed by atoms with Crippen LogP contribution in [0.1, 0.15) is 0 Å². The van der Waals surface area contributed by atoms with Gasteiger partial charge >= 0.3 is 0 Å². The molecule has 0 unspecified atom stereocenters. The van der Waals surface area contributed by atoms with Crippen molar-refractivity contribution in [2.45, 2.75) is 0 Å². The van der Waals surface area contributed by atoms with E-state index in [1.807, 2.05) is 6.20 Å². The molecule has 0 spiro atoms. The predicted molar refractivity (Wildman–Crippen MR) is 183 cm³/mol. The van der Waals surface area contributed by atoms with Gasteiger partial charge in [-0.15, -0.1) is 0 Å². The van der Waals surface area contributed by atoms with Gasteiger partial charge in [0.25, 0.3) is 0 Å². The number of anilines is 3. The van der Waals surface area contributed by atoms with Crippen LogP contribution in [0.5, 0.6) is 0 Å². The number of pyridine rings is 2. The normalized spacial score (nSPS) is 12.5. The molecule has 4 nitrogen and oxygen atoms in total. The van der Waals surface area contributed by atoms with E-state index in [9.17, 15) is 0 Å². The molecule has 0 amide bonds. The van der Waals surface area contributed by atoms with Crippen molar-refractivity contribution in [3.8, 4) is 16.9 Å². The number of rotatable bonds is 2. The van der Waals surface area contributed by atoms with Crippen LogP contribution >= 0.6 is 0 Å². The molecule has 1 aliphatic heterocycles. The number of para-hydroxylation sites is 3. The molecule has 0 atom stereocenters. The Morgan fingerprint density at radius 2 is 1.32 bits per heavy atom. The van der Waals surface area contributed by atoms with Gasteiger partial charge in [-0.25, -0.2) is 4.98 Å². The van der Waals surface area contributed by atoms with E-state index in [1.165, 1.54) is 32.6 Å². The summed E-state index contributed by atoms with van der Waals surface area (Å²) in [7, 11) is 0. The third-order valence-electron chi connectivity index (χ3n) is 9.12. The van der Waals surface area contributed by atoms with Crippen LogP contribution in [0.25, 0.3) is 71.2 Å². The van der Waals surface area contributed by atoms with Gasteiger partial charge in [0.05, 0.1) is 33.3 Å². The molecule has 0 bridgehead atoms. The Balaban J connectivity index is 1.32. The topological polar surface area (TPSA) is 34.0 Å². The molecular weight excluding hydrogens is 536 g/mol. The summed E-state index contributed by atoms with van der Waals surface area (Å²) >= 11 is 0. The number of aromatic nitrogens is 3. The van der Waals surface area contributed by atoms with Crippen molar-refractivity contribution in [2.24, 2.45) is 0 Å². The highest BCUT2D eigenvalue weighted by Crippen LogP contribution is 2.50. The van der Waals surface area contributed by atoms with Crippen LogP contribution in [-0.4, -0.2) is 14.5 Å². The van der Waals surface area contributed by atoms with E-state index in [0.29, 0.717) is 0 Å². The van der Waals surface area contributed by atoms with Gasteiger partial charge < -0.3 is 4.57 Å². The predicted octanol–water partition coefficient (Wildman–Crippen LogP) is 10.5. The van der Waals surface area contributed by atoms with Crippen LogP contribution in [0.4, 0.5) is 17.2 Å². The molecule has 0 saturated carbocycles. The maximum absolute atomic E-state index is 5.36.